The smallest absolute Gasteiger partial charge is 0.269 e. The Morgan fingerprint density at radius 2 is 0.697 bits per heavy atom. The van der Waals surface area contributed by atoms with Crippen LogP contribution in [0.5, 0.6) is 0 Å². The van der Waals surface area contributed by atoms with Crippen molar-refractivity contribution in [2.45, 2.75) is 27.7 Å². The van der Waals surface area contributed by atoms with Gasteiger partial charge in [0.15, 0.2) is 5.82 Å². The summed E-state index contributed by atoms with van der Waals surface area (Å²) < 4.78 is 10.5. The molecule has 6 nitrogen and oxygen atoms in total. The lowest BCUT2D eigenvalue weighted by atomic mass is 9.86. The molecule has 76 heavy (non-hydrogen) atoms. The van der Waals surface area contributed by atoms with Crippen LogP contribution in [-0.2, 0) is 0 Å². The first-order valence-electron chi connectivity index (χ1n) is 25.3. The number of imidazole rings is 2. The molecule has 3 aromatic heterocycles. The zero-order valence-corrected chi connectivity index (χ0v) is 45.6. The first-order valence-corrected chi connectivity index (χ1v) is 26.9. The molecule has 3 heterocycles. The summed E-state index contributed by atoms with van der Waals surface area (Å²) in [7, 11) is 0. The van der Waals surface area contributed by atoms with Gasteiger partial charge in [-0.1, -0.05) is 177 Å². The third-order valence-corrected chi connectivity index (χ3v) is 15.8. The normalized spacial score (nSPS) is 11.3. The van der Waals surface area contributed by atoms with Gasteiger partial charge in [0.25, 0.3) is 12.7 Å². The minimum Gasteiger partial charge on any atom is -0.296 e. The van der Waals surface area contributed by atoms with E-state index in [1.165, 1.54) is 0 Å². The lowest BCUT2D eigenvalue weighted by Gasteiger charge is -2.19. The lowest BCUT2D eigenvalue weighted by Crippen LogP contribution is -2.31. The lowest BCUT2D eigenvalue weighted by molar-refractivity contribution is -0.606. The maximum absolute atomic E-state index is 4.51. The molecule has 0 aliphatic rings. The highest BCUT2D eigenvalue weighted by Crippen LogP contribution is 2.44. The summed E-state index contributed by atoms with van der Waals surface area (Å²) in [4.78, 5) is 9.02. The van der Waals surface area contributed by atoms with E-state index in [-0.39, 0.29) is 0 Å². The van der Waals surface area contributed by atoms with E-state index in [0.717, 1.165) is 127 Å². The van der Waals surface area contributed by atoms with Crippen molar-refractivity contribution in [3.8, 4) is 101 Å². The van der Waals surface area contributed by atoms with E-state index < -0.39 is 0 Å². The van der Waals surface area contributed by atoms with E-state index >= 15 is 0 Å². The van der Waals surface area contributed by atoms with E-state index in [4.69, 9.17) is 0 Å². The topological polar surface area (TPSA) is 43.4 Å². The van der Waals surface area contributed by atoms with Crippen LogP contribution >= 0.6 is 31.9 Å². The maximum atomic E-state index is 4.51. The molecule has 0 N–H and O–H groups in total. The molecule has 0 atom stereocenters. The minimum atomic E-state index is 0.702. The number of para-hydroxylation sites is 2. The third kappa shape index (κ3) is 9.14. The van der Waals surface area contributed by atoms with Crippen LogP contribution in [0, 0.1) is 40.3 Å². The molecule has 0 aliphatic heterocycles. The largest absolute Gasteiger partial charge is 0.296 e. The van der Waals surface area contributed by atoms with Crippen molar-refractivity contribution < 1.29 is 9.13 Å². The van der Waals surface area contributed by atoms with E-state index in [1.54, 1.807) is 12.4 Å². The van der Waals surface area contributed by atoms with Gasteiger partial charge in [0.1, 0.15) is 0 Å². The second-order valence-corrected chi connectivity index (χ2v) is 20.7. The summed E-state index contributed by atoms with van der Waals surface area (Å²) in [5.41, 5.74) is 23.0. The molecule has 12 aromatic rings. The van der Waals surface area contributed by atoms with Crippen molar-refractivity contribution in [3.63, 3.8) is 0 Å². The summed E-state index contributed by atoms with van der Waals surface area (Å²) >= 11 is 8.14. The van der Waals surface area contributed by atoms with Crippen molar-refractivity contribution in [2.75, 3.05) is 0 Å². The van der Waals surface area contributed by atoms with Crippen LogP contribution in [0.1, 0.15) is 22.8 Å². The molecule has 0 unspecified atom stereocenters. The molecule has 0 saturated carbocycles. The standard InChI is InChI=1S/C68H50Br2N6/c1-45-47(3)75(43-73(45)54-18-7-5-8-19-54)56-32-34-64(66(69)41-56)62-26-15-13-24-60(62)52-38-51(59-23-12-11-22-58(59)49-28-30-50(31-29-49)68-71-36-17-37-72-68)39-53(40-52)61-25-14-16-27-63(61)65-35-33-57(42-67(65)70)76-44-74(46(2)48(76)4)55-20-9-6-10-21-55/h5-42H,1-4H3. The number of rotatable bonds is 11. The SMILES string of the molecule is Cc1c(C)[n+](-c2ccccc2)[c-]n1-c1ccc(-c2ccccc2-c2cc(-c3ccccc3-c3ccc(-c4ncccn4)cc3)cc(-c3ccccc3-c3ccc(-n4[c-][n+](-c5ccccc5)c(C)c4C)cc3Br)c2)c(Br)c1. The minimum absolute atomic E-state index is 0.702. The molecule has 0 fully saturated rings. The molecule has 0 amide bonds. The number of hydrogen-bond acceptors (Lipinski definition) is 2. The Bertz CT molecular complexity index is 3900. The Hall–Kier alpha value is -8.56. The van der Waals surface area contributed by atoms with Crippen LogP contribution in [0.4, 0.5) is 0 Å². The fourth-order valence-corrected chi connectivity index (χ4v) is 11.5. The number of nitrogens with zero attached hydrogens (tertiary/aromatic N) is 6. The van der Waals surface area contributed by atoms with Gasteiger partial charge >= 0.3 is 0 Å². The fraction of sp³-hybridized carbons (Fsp3) is 0.0588. The Kier molecular flexibility index (Phi) is 13.1. The van der Waals surface area contributed by atoms with Crippen LogP contribution in [-0.4, -0.2) is 19.1 Å². The average molecular weight is 1110 g/mol. The highest BCUT2D eigenvalue weighted by Gasteiger charge is 2.21. The van der Waals surface area contributed by atoms with Gasteiger partial charge in [0.2, 0.25) is 0 Å². The van der Waals surface area contributed by atoms with Crippen molar-refractivity contribution >= 4 is 31.9 Å². The summed E-state index contributed by atoms with van der Waals surface area (Å²) in [5, 5.41) is 0. The van der Waals surface area contributed by atoms with E-state index in [9.17, 15) is 0 Å². The highest BCUT2D eigenvalue weighted by atomic mass is 79.9. The molecule has 0 spiro atoms. The quantitative estimate of drug-likeness (QED) is 0.0957. The number of halogens is 2. The molecule has 0 radical (unpaired) electrons. The average Bonchev–Trinajstić information content (AvgIpc) is 3.96. The van der Waals surface area contributed by atoms with Crippen molar-refractivity contribution in [1.29, 1.82) is 0 Å². The van der Waals surface area contributed by atoms with Gasteiger partial charge in [-0.3, -0.25) is 18.3 Å². The first-order chi connectivity index (χ1) is 37.2. The predicted octanol–water partition coefficient (Wildman–Crippen LogP) is 16.6. The predicted molar refractivity (Wildman–Crippen MR) is 314 cm³/mol. The van der Waals surface area contributed by atoms with Crippen molar-refractivity contribution in [2.24, 2.45) is 0 Å². The van der Waals surface area contributed by atoms with Gasteiger partial charge in [0, 0.05) is 26.9 Å². The summed E-state index contributed by atoms with van der Waals surface area (Å²) in [6, 6.07) is 77.7. The van der Waals surface area contributed by atoms with Crippen LogP contribution in [0.3, 0.4) is 0 Å². The van der Waals surface area contributed by atoms with E-state index in [1.807, 2.05) is 18.2 Å². The summed E-state index contributed by atoms with van der Waals surface area (Å²) in [6.07, 6.45) is 10.8. The van der Waals surface area contributed by atoms with Crippen LogP contribution in [0.2, 0.25) is 0 Å². The Morgan fingerprint density at radius 3 is 1.11 bits per heavy atom. The van der Waals surface area contributed by atoms with Gasteiger partial charge in [-0.2, -0.15) is 0 Å². The molecule has 0 aliphatic carbocycles. The van der Waals surface area contributed by atoms with Gasteiger partial charge in [-0.15, -0.1) is 0 Å². The van der Waals surface area contributed by atoms with Crippen molar-refractivity contribution in [3.05, 3.63) is 275 Å². The van der Waals surface area contributed by atoms with Gasteiger partial charge in [0.05, 0.1) is 45.5 Å². The third-order valence-electron chi connectivity index (χ3n) is 14.5. The Balaban J connectivity index is 0.986. The molecule has 366 valence electrons. The number of aromatic nitrogens is 6. The van der Waals surface area contributed by atoms with E-state index in [2.05, 4.69) is 301 Å². The van der Waals surface area contributed by atoms with Gasteiger partial charge in [-0.05, 0) is 167 Å². The van der Waals surface area contributed by atoms with Crippen LogP contribution in [0.25, 0.3) is 101 Å². The molecule has 9 aromatic carbocycles. The molecular formula is C68H50Br2N6. The molecule has 0 bridgehead atoms. The number of hydrogen-bond donors (Lipinski definition) is 0. The zero-order valence-electron chi connectivity index (χ0n) is 42.4. The fourth-order valence-electron chi connectivity index (χ4n) is 10.3. The van der Waals surface area contributed by atoms with Gasteiger partial charge < -0.3 is 0 Å². The monoisotopic (exact) mass is 1110 g/mol. The first kappa shape index (κ1) is 48.4. The van der Waals surface area contributed by atoms with E-state index in [0.29, 0.717) is 5.82 Å². The Labute approximate surface area is 460 Å². The van der Waals surface area contributed by atoms with Crippen LogP contribution in [0.15, 0.2) is 240 Å². The second kappa shape index (κ2) is 20.6. The maximum Gasteiger partial charge on any atom is 0.269 e. The summed E-state index contributed by atoms with van der Waals surface area (Å²) in [6.45, 7) is 8.59. The highest BCUT2D eigenvalue weighted by molar-refractivity contribution is 9.11. The Morgan fingerprint density at radius 1 is 0.342 bits per heavy atom. The second-order valence-electron chi connectivity index (χ2n) is 19.0. The molecule has 8 heteroatoms. The molecule has 12 rings (SSSR count). The summed E-state index contributed by atoms with van der Waals surface area (Å²) in [5.74, 6) is 0.702. The molecular weight excluding hydrogens is 1060 g/mol. The zero-order chi connectivity index (χ0) is 51.9. The van der Waals surface area contributed by atoms with Crippen LogP contribution < -0.4 is 9.13 Å². The molecule has 0 saturated heterocycles. The van der Waals surface area contributed by atoms with Crippen molar-refractivity contribution in [1.82, 2.24) is 19.1 Å². The number of benzene rings is 9. The van der Waals surface area contributed by atoms with Gasteiger partial charge in [-0.25, -0.2) is 9.97 Å².